The predicted molar refractivity (Wildman–Crippen MR) is 89.0 cm³/mol. The molecule has 0 spiro atoms. The molecule has 1 aromatic carbocycles. The summed E-state index contributed by atoms with van der Waals surface area (Å²) in [7, 11) is 0. The van der Waals surface area contributed by atoms with E-state index >= 15 is 0 Å². The van der Waals surface area contributed by atoms with Crippen molar-refractivity contribution in [1.29, 1.82) is 0 Å². The number of nitrogens with one attached hydrogen (secondary N) is 2. The highest BCUT2D eigenvalue weighted by atomic mass is 16.2. The molecule has 4 rings (SSSR count). The number of rotatable bonds is 3. The van der Waals surface area contributed by atoms with Crippen LogP contribution in [0.1, 0.15) is 49.4 Å². The lowest BCUT2D eigenvalue weighted by Gasteiger charge is -2.32. The molecule has 0 radical (unpaired) electrons. The Labute approximate surface area is 137 Å². The van der Waals surface area contributed by atoms with Crippen LogP contribution in [0.5, 0.6) is 0 Å². The first kappa shape index (κ1) is 14.7. The average molecular weight is 312 g/mol. The van der Waals surface area contributed by atoms with Crippen molar-refractivity contribution in [1.82, 2.24) is 5.32 Å². The quantitative estimate of drug-likeness (QED) is 0.900. The largest absolute Gasteiger partial charge is 0.349 e. The van der Waals surface area contributed by atoms with Crippen LogP contribution in [0.2, 0.25) is 0 Å². The fourth-order valence-corrected chi connectivity index (χ4v) is 5.39. The molecule has 2 bridgehead atoms. The maximum atomic E-state index is 12.5. The van der Waals surface area contributed by atoms with Gasteiger partial charge in [0.15, 0.2) is 0 Å². The molecule has 122 valence electrons. The van der Waals surface area contributed by atoms with Gasteiger partial charge in [-0.2, -0.15) is 0 Å². The molecule has 5 unspecified atom stereocenters. The Bertz CT molecular complexity index is 625. The Morgan fingerprint density at radius 1 is 1.00 bits per heavy atom. The van der Waals surface area contributed by atoms with Crippen molar-refractivity contribution in [3.63, 3.8) is 0 Å². The molecule has 2 amide bonds. The Hall–Kier alpha value is -1.84. The van der Waals surface area contributed by atoms with E-state index in [9.17, 15) is 9.59 Å². The highest BCUT2D eigenvalue weighted by Crippen LogP contribution is 2.58. The molecule has 3 aliphatic rings. The standard InChI is InChI=1S/C19H24N2O2/c1-11(22)20-14-7-5-12(6-8-14)19(23)21-18-10-13-9-17(18)16-4-2-3-15(13)16/h5-8,13,15-18H,2-4,9-10H2,1H3,(H,20,22)(H,21,23). The maximum absolute atomic E-state index is 12.5. The summed E-state index contributed by atoms with van der Waals surface area (Å²) < 4.78 is 0. The van der Waals surface area contributed by atoms with Gasteiger partial charge in [0.1, 0.15) is 0 Å². The van der Waals surface area contributed by atoms with Gasteiger partial charge >= 0.3 is 0 Å². The summed E-state index contributed by atoms with van der Waals surface area (Å²) in [5.41, 5.74) is 1.40. The van der Waals surface area contributed by atoms with Gasteiger partial charge in [0.2, 0.25) is 5.91 Å². The van der Waals surface area contributed by atoms with Crippen molar-refractivity contribution in [3.8, 4) is 0 Å². The van der Waals surface area contributed by atoms with Crippen molar-refractivity contribution in [2.24, 2.45) is 23.7 Å². The summed E-state index contributed by atoms with van der Waals surface area (Å²) in [4.78, 5) is 23.5. The molecule has 0 aliphatic heterocycles. The van der Waals surface area contributed by atoms with E-state index in [1.54, 1.807) is 24.3 Å². The van der Waals surface area contributed by atoms with Crippen LogP contribution in [0.3, 0.4) is 0 Å². The van der Waals surface area contributed by atoms with Crippen LogP contribution in [0, 0.1) is 23.7 Å². The molecular formula is C19H24N2O2. The van der Waals surface area contributed by atoms with E-state index in [1.165, 1.54) is 39.0 Å². The van der Waals surface area contributed by atoms with Gasteiger partial charge in [0.25, 0.3) is 5.91 Å². The average Bonchev–Trinajstić information content (AvgIpc) is 3.19. The number of amides is 2. The van der Waals surface area contributed by atoms with E-state index in [1.807, 2.05) is 0 Å². The third-order valence-corrected chi connectivity index (χ3v) is 6.21. The molecule has 0 heterocycles. The number of anilines is 1. The second kappa shape index (κ2) is 5.66. The molecule has 3 fully saturated rings. The van der Waals surface area contributed by atoms with E-state index < -0.39 is 0 Å². The Morgan fingerprint density at radius 2 is 1.74 bits per heavy atom. The third-order valence-electron chi connectivity index (χ3n) is 6.21. The minimum Gasteiger partial charge on any atom is -0.349 e. The summed E-state index contributed by atoms with van der Waals surface area (Å²) in [6.45, 7) is 1.48. The van der Waals surface area contributed by atoms with E-state index in [-0.39, 0.29) is 11.8 Å². The highest BCUT2D eigenvalue weighted by molar-refractivity contribution is 5.95. The molecule has 3 saturated carbocycles. The van der Waals surface area contributed by atoms with Crippen LogP contribution in [-0.4, -0.2) is 17.9 Å². The van der Waals surface area contributed by atoms with Crippen LogP contribution >= 0.6 is 0 Å². The number of hydrogen-bond donors (Lipinski definition) is 2. The van der Waals surface area contributed by atoms with E-state index in [2.05, 4.69) is 10.6 Å². The Balaban J connectivity index is 1.40. The van der Waals surface area contributed by atoms with Gasteiger partial charge in [-0.25, -0.2) is 0 Å². The normalized spacial score (nSPS) is 34.2. The number of benzene rings is 1. The lowest BCUT2D eigenvalue weighted by Crippen LogP contribution is -2.42. The van der Waals surface area contributed by atoms with E-state index in [0.717, 1.165) is 23.4 Å². The lowest BCUT2D eigenvalue weighted by atomic mass is 9.79. The molecule has 4 nitrogen and oxygen atoms in total. The molecule has 5 atom stereocenters. The van der Waals surface area contributed by atoms with Crippen molar-refractivity contribution >= 4 is 17.5 Å². The molecule has 0 saturated heterocycles. The van der Waals surface area contributed by atoms with Gasteiger partial charge in [0, 0.05) is 24.2 Å². The molecule has 1 aromatic rings. The summed E-state index contributed by atoms with van der Waals surface area (Å²) >= 11 is 0. The van der Waals surface area contributed by atoms with Crippen LogP contribution in [-0.2, 0) is 4.79 Å². The van der Waals surface area contributed by atoms with Crippen LogP contribution in [0.4, 0.5) is 5.69 Å². The first-order valence-electron chi connectivity index (χ1n) is 8.80. The summed E-state index contributed by atoms with van der Waals surface area (Å²) in [6.07, 6.45) is 6.65. The summed E-state index contributed by atoms with van der Waals surface area (Å²) in [5.74, 6) is 3.28. The molecule has 4 heteroatoms. The van der Waals surface area contributed by atoms with E-state index in [4.69, 9.17) is 0 Å². The second-order valence-electron chi connectivity index (χ2n) is 7.49. The second-order valence-corrected chi connectivity index (χ2v) is 7.49. The van der Waals surface area contributed by atoms with Crippen molar-refractivity contribution in [2.75, 3.05) is 5.32 Å². The minimum atomic E-state index is -0.102. The highest BCUT2D eigenvalue weighted by Gasteiger charge is 2.54. The van der Waals surface area contributed by atoms with Crippen LogP contribution < -0.4 is 10.6 Å². The van der Waals surface area contributed by atoms with Crippen molar-refractivity contribution in [3.05, 3.63) is 29.8 Å². The third kappa shape index (κ3) is 2.64. The zero-order valence-electron chi connectivity index (χ0n) is 13.5. The monoisotopic (exact) mass is 312 g/mol. The zero-order chi connectivity index (χ0) is 16.0. The van der Waals surface area contributed by atoms with Gasteiger partial charge in [-0.3, -0.25) is 9.59 Å². The van der Waals surface area contributed by atoms with Gasteiger partial charge in [-0.1, -0.05) is 6.42 Å². The SMILES string of the molecule is CC(=O)Nc1ccc(C(=O)NC2CC3CC2C2CCCC32)cc1. The molecule has 0 aromatic heterocycles. The number of fused-ring (bicyclic) bond motifs is 5. The first-order valence-corrected chi connectivity index (χ1v) is 8.80. The lowest BCUT2D eigenvalue weighted by molar-refractivity contribution is -0.114. The first-order chi connectivity index (χ1) is 11.1. The summed E-state index contributed by atoms with van der Waals surface area (Å²) in [5, 5.41) is 5.99. The van der Waals surface area contributed by atoms with Gasteiger partial charge in [-0.15, -0.1) is 0 Å². The summed E-state index contributed by atoms with van der Waals surface area (Å²) in [6, 6.07) is 7.49. The Morgan fingerprint density at radius 3 is 2.48 bits per heavy atom. The van der Waals surface area contributed by atoms with Gasteiger partial charge in [0.05, 0.1) is 0 Å². The molecule has 23 heavy (non-hydrogen) atoms. The molecule has 3 aliphatic carbocycles. The fourth-order valence-electron chi connectivity index (χ4n) is 5.39. The van der Waals surface area contributed by atoms with Gasteiger partial charge in [-0.05, 0) is 73.6 Å². The van der Waals surface area contributed by atoms with Crippen LogP contribution in [0.25, 0.3) is 0 Å². The maximum Gasteiger partial charge on any atom is 0.251 e. The number of carbonyl (C=O) groups is 2. The Kier molecular flexibility index (Phi) is 3.63. The van der Waals surface area contributed by atoms with Crippen LogP contribution in [0.15, 0.2) is 24.3 Å². The fraction of sp³-hybridized carbons (Fsp3) is 0.579. The van der Waals surface area contributed by atoms with Crippen molar-refractivity contribution in [2.45, 2.75) is 45.1 Å². The zero-order valence-corrected chi connectivity index (χ0v) is 13.5. The van der Waals surface area contributed by atoms with Crippen molar-refractivity contribution < 1.29 is 9.59 Å². The number of hydrogen-bond acceptors (Lipinski definition) is 2. The van der Waals surface area contributed by atoms with E-state index in [0.29, 0.717) is 17.5 Å². The molecular weight excluding hydrogens is 288 g/mol. The smallest absolute Gasteiger partial charge is 0.251 e. The minimum absolute atomic E-state index is 0.0199. The predicted octanol–water partition coefficient (Wildman–Crippen LogP) is 3.20. The topological polar surface area (TPSA) is 58.2 Å². The van der Waals surface area contributed by atoms with Gasteiger partial charge < -0.3 is 10.6 Å². The number of carbonyl (C=O) groups excluding carboxylic acids is 2. The molecule has 2 N–H and O–H groups in total.